The van der Waals surface area contributed by atoms with Crippen molar-refractivity contribution in [3.05, 3.63) is 0 Å². The normalized spacial score (nSPS) is 13.0. The summed E-state index contributed by atoms with van der Waals surface area (Å²) in [7, 11) is 0. The second kappa shape index (κ2) is 5.38. The Morgan fingerprint density at radius 1 is 1.71 bits per heavy atom. The van der Waals surface area contributed by atoms with E-state index in [4.69, 9.17) is 0 Å². The minimum atomic E-state index is 0.140. The highest BCUT2D eigenvalue weighted by Gasteiger charge is 1.99. The molecular weight excluding hydrogens is 164 g/mol. The zero-order chi connectivity index (χ0) is 5.70. The lowest BCUT2D eigenvalue weighted by molar-refractivity contribution is 0.768. The average molecular weight is 175 g/mol. The summed E-state index contributed by atoms with van der Waals surface area (Å²) >= 11 is 3.69. The molecule has 7 heavy (non-hydrogen) atoms. The first-order valence-corrected chi connectivity index (χ1v) is 7.58. The van der Waals surface area contributed by atoms with Crippen molar-refractivity contribution in [3.63, 3.8) is 0 Å². The van der Waals surface area contributed by atoms with Gasteiger partial charge in [-0.1, -0.05) is 26.7 Å². The molecule has 0 fully saturated rings. The highest BCUT2D eigenvalue weighted by molar-refractivity contribution is 9.23. The van der Waals surface area contributed by atoms with Gasteiger partial charge in [0.2, 0.25) is 0 Å². The van der Waals surface area contributed by atoms with Crippen molar-refractivity contribution in [2.75, 3.05) is 0 Å². The SMILES string of the molecule is CCC[CH](C)[Mg][Br]. The summed E-state index contributed by atoms with van der Waals surface area (Å²) in [5, 5.41) is 0. The molecule has 0 saturated heterocycles. The molecule has 0 N–H and O–H groups in total. The number of rotatable bonds is 3. The second-order valence-corrected chi connectivity index (χ2v) is 5.69. The predicted molar refractivity (Wildman–Crippen MR) is 39.0 cm³/mol. The fourth-order valence-electron chi connectivity index (χ4n) is 0.570. The summed E-state index contributed by atoms with van der Waals surface area (Å²) in [6.07, 6.45) is 2.76. The minimum Gasteiger partial charge on any atom is -0.306 e. The van der Waals surface area contributed by atoms with Gasteiger partial charge in [0.05, 0.1) is 0 Å². The predicted octanol–water partition coefficient (Wildman–Crippen LogP) is 2.61. The first-order valence-electron chi connectivity index (χ1n) is 2.87. The third kappa shape index (κ3) is 5.11. The van der Waals surface area contributed by atoms with E-state index in [1.165, 1.54) is 12.8 Å². The third-order valence-corrected chi connectivity index (χ3v) is 5.30. The third-order valence-electron chi connectivity index (χ3n) is 1.04. The molecule has 1 unspecified atom stereocenters. The van der Waals surface area contributed by atoms with Crippen LogP contribution in [0.25, 0.3) is 0 Å². The van der Waals surface area contributed by atoms with Gasteiger partial charge < -0.3 is 12.9 Å². The Morgan fingerprint density at radius 2 is 2.29 bits per heavy atom. The largest absolute Gasteiger partial charge is 0.471 e. The number of hydrogen-bond acceptors (Lipinski definition) is 0. The van der Waals surface area contributed by atoms with Crippen LogP contribution < -0.4 is 0 Å². The standard InChI is InChI=1S/C5H11.BrH.Mg/c1-3-5-4-2;;/h3H,4-5H2,1-2H3;1H;/q;;+1/p-1. The van der Waals surface area contributed by atoms with Crippen LogP contribution in [-0.4, -0.2) is 18.2 Å². The fraction of sp³-hybridized carbons (Fsp3) is 1.00. The Bertz CT molecular complexity index is 39.1. The fourth-order valence-corrected chi connectivity index (χ4v) is 2.10. The van der Waals surface area contributed by atoms with Crippen molar-refractivity contribution in [1.29, 1.82) is 0 Å². The molecule has 0 heterocycles. The van der Waals surface area contributed by atoms with Crippen LogP contribution in [-0.2, 0) is 0 Å². The molecule has 0 aliphatic heterocycles. The summed E-state index contributed by atoms with van der Waals surface area (Å²) in [5.74, 6) is 0. The smallest absolute Gasteiger partial charge is 0.306 e. The molecule has 0 aromatic rings. The summed E-state index contributed by atoms with van der Waals surface area (Å²) in [4.78, 5) is 0. The van der Waals surface area contributed by atoms with Crippen LogP contribution in [0.4, 0.5) is 0 Å². The van der Waals surface area contributed by atoms with Crippen LogP contribution in [0.15, 0.2) is 0 Å². The molecule has 40 valence electrons. The zero-order valence-corrected chi connectivity index (χ0v) is 8.08. The lowest BCUT2D eigenvalue weighted by Gasteiger charge is -2.00. The van der Waals surface area contributed by atoms with Crippen LogP contribution >= 0.6 is 12.9 Å². The Morgan fingerprint density at radius 3 is 2.43 bits per heavy atom. The minimum absolute atomic E-state index is 0.140. The van der Waals surface area contributed by atoms with E-state index < -0.39 is 0 Å². The molecule has 0 aliphatic carbocycles. The van der Waals surface area contributed by atoms with Crippen molar-refractivity contribution >= 4 is 31.1 Å². The van der Waals surface area contributed by atoms with E-state index >= 15 is 0 Å². The molecule has 0 aromatic heterocycles. The van der Waals surface area contributed by atoms with Crippen LogP contribution in [0.3, 0.4) is 0 Å². The molecule has 0 bridgehead atoms. The highest BCUT2D eigenvalue weighted by atomic mass is 79.9. The lowest BCUT2D eigenvalue weighted by Crippen LogP contribution is -1.88. The number of hydrogen-bond donors (Lipinski definition) is 0. The molecule has 0 aliphatic rings. The first kappa shape index (κ1) is 8.25. The Hall–Kier alpha value is 1.25. The highest BCUT2D eigenvalue weighted by Crippen LogP contribution is 2.11. The van der Waals surface area contributed by atoms with Gasteiger partial charge >= 0.3 is 18.2 Å². The summed E-state index contributed by atoms with van der Waals surface area (Å²) in [6, 6.07) is 0. The van der Waals surface area contributed by atoms with Crippen LogP contribution in [0.1, 0.15) is 26.7 Å². The molecule has 0 nitrogen and oxygen atoms in total. The van der Waals surface area contributed by atoms with Gasteiger partial charge in [0, 0.05) is 0 Å². The maximum Gasteiger partial charge on any atom is 0.471 e. The quantitative estimate of drug-likeness (QED) is 0.578. The van der Waals surface area contributed by atoms with Crippen LogP contribution in [0.5, 0.6) is 0 Å². The van der Waals surface area contributed by atoms with Gasteiger partial charge in [0.25, 0.3) is 0 Å². The Labute approximate surface area is 61.7 Å². The summed E-state index contributed by atoms with van der Waals surface area (Å²) in [5.41, 5.74) is 0. The molecule has 0 saturated carbocycles. The van der Waals surface area contributed by atoms with Gasteiger partial charge in [-0.05, 0) is 0 Å². The molecule has 2 heteroatoms. The van der Waals surface area contributed by atoms with E-state index in [1.807, 2.05) is 0 Å². The first-order chi connectivity index (χ1) is 3.31. The maximum atomic E-state index is 3.55. The molecule has 0 amide bonds. The van der Waals surface area contributed by atoms with E-state index in [1.54, 1.807) is 0 Å². The molecular formula is C5H11BrMg. The van der Waals surface area contributed by atoms with E-state index in [9.17, 15) is 0 Å². The lowest BCUT2D eigenvalue weighted by atomic mass is 10.3. The van der Waals surface area contributed by atoms with Crippen LogP contribution in [0, 0.1) is 0 Å². The Balaban J connectivity index is 2.83. The van der Waals surface area contributed by atoms with Gasteiger partial charge in [0.15, 0.2) is 0 Å². The zero-order valence-electron chi connectivity index (χ0n) is 5.08. The van der Waals surface area contributed by atoms with Crippen molar-refractivity contribution in [3.8, 4) is 0 Å². The molecule has 0 rings (SSSR count). The van der Waals surface area contributed by atoms with Crippen molar-refractivity contribution < 1.29 is 0 Å². The maximum absolute atomic E-state index is 3.55. The summed E-state index contributed by atoms with van der Waals surface area (Å²) < 4.78 is 1.00. The van der Waals surface area contributed by atoms with Crippen molar-refractivity contribution in [1.82, 2.24) is 0 Å². The van der Waals surface area contributed by atoms with E-state index in [0.717, 1.165) is 4.05 Å². The monoisotopic (exact) mass is 174 g/mol. The molecule has 0 spiro atoms. The van der Waals surface area contributed by atoms with Gasteiger partial charge in [-0.15, -0.1) is 4.05 Å². The molecule has 0 radical (unpaired) electrons. The van der Waals surface area contributed by atoms with E-state index in [0.29, 0.717) is 0 Å². The van der Waals surface area contributed by atoms with Gasteiger partial charge in [0.1, 0.15) is 0 Å². The average Bonchev–Trinajstić information content (AvgIpc) is 1.68. The molecule has 0 aromatic carbocycles. The van der Waals surface area contributed by atoms with Gasteiger partial charge in [-0.25, -0.2) is 0 Å². The van der Waals surface area contributed by atoms with E-state index in [-0.39, 0.29) is 18.2 Å². The van der Waals surface area contributed by atoms with Crippen molar-refractivity contribution in [2.24, 2.45) is 0 Å². The molecule has 1 atom stereocenters. The number of halogens is 1. The van der Waals surface area contributed by atoms with Gasteiger partial charge in [-0.2, -0.15) is 0 Å². The van der Waals surface area contributed by atoms with Gasteiger partial charge in [-0.3, -0.25) is 0 Å². The van der Waals surface area contributed by atoms with Crippen LogP contribution in [0.2, 0.25) is 4.05 Å². The second-order valence-electron chi connectivity index (χ2n) is 2.05. The topological polar surface area (TPSA) is 0 Å². The van der Waals surface area contributed by atoms with E-state index in [2.05, 4.69) is 26.7 Å². The van der Waals surface area contributed by atoms with Crippen molar-refractivity contribution in [2.45, 2.75) is 30.7 Å². The Kier molecular flexibility index (Phi) is 6.34. The summed E-state index contributed by atoms with van der Waals surface area (Å²) in [6.45, 7) is 4.57.